The topological polar surface area (TPSA) is 32.3 Å². The average Bonchev–Trinajstić information content (AvgIpc) is 2.46. The molecule has 25 heavy (non-hydrogen) atoms. The van der Waals surface area contributed by atoms with Crippen LogP contribution in [0.15, 0.2) is 30.3 Å². The number of hydrogen-bond acceptors (Lipinski definition) is 2. The third-order valence-electron chi connectivity index (χ3n) is 3.25. The first-order chi connectivity index (χ1) is 11.2. The Morgan fingerprint density at radius 1 is 0.840 bits per heavy atom. The summed E-state index contributed by atoms with van der Waals surface area (Å²) in [5.41, 5.74) is 0.649. The Kier molecular flexibility index (Phi) is 6.38. The molecule has 2 N–H and O–H groups in total. The molecule has 0 amide bonds. The van der Waals surface area contributed by atoms with Crippen molar-refractivity contribution in [1.29, 1.82) is 0 Å². The largest absolute Gasteiger partial charge is 0.460 e. The van der Waals surface area contributed by atoms with E-state index in [9.17, 15) is 44.6 Å². The van der Waals surface area contributed by atoms with Gasteiger partial charge in [-0.25, -0.2) is 0 Å². The quantitative estimate of drug-likeness (QED) is 0.666. The zero-order valence-electron chi connectivity index (χ0n) is 12.4. The monoisotopic (exact) mass is 383 g/mol. The summed E-state index contributed by atoms with van der Waals surface area (Å²) in [5.74, 6) is -19.4. The molecule has 0 fully saturated rings. The van der Waals surface area contributed by atoms with Crippen LogP contribution in [0.4, 0.5) is 39.5 Å². The molecule has 0 aliphatic heterocycles. The maximum Gasteiger partial charge on any atom is 0.460 e. The minimum absolute atomic E-state index is 0.0403. The molecule has 0 saturated carbocycles. The van der Waals surface area contributed by atoms with Gasteiger partial charge in [-0.1, -0.05) is 30.3 Å². The number of aliphatic hydroxyl groups is 1. The molecular weight excluding hydrogens is 369 g/mol. The average molecular weight is 383 g/mol. The highest BCUT2D eigenvalue weighted by Crippen LogP contribution is 2.54. The lowest BCUT2D eigenvalue weighted by Gasteiger charge is -2.34. The molecular formula is C14H14F9NO. The lowest BCUT2D eigenvalue weighted by atomic mass is 9.98. The van der Waals surface area contributed by atoms with Crippen LogP contribution in [-0.4, -0.2) is 41.7 Å². The number of nitrogens with one attached hydrogen (secondary N) is 1. The van der Waals surface area contributed by atoms with Crippen molar-refractivity contribution in [2.24, 2.45) is 0 Å². The van der Waals surface area contributed by atoms with Crippen LogP contribution in [0.2, 0.25) is 0 Å². The van der Waals surface area contributed by atoms with E-state index >= 15 is 0 Å². The molecule has 0 bridgehead atoms. The van der Waals surface area contributed by atoms with Crippen LogP contribution in [0.3, 0.4) is 0 Å². The lowest BCUT2D eigenvalue weighted by molar-refractivity contribution is -0.398. The minimum Gasteiger partial charge on any atom is -0.392 e. The van der Waals surface area contributed by atoms with E-state index in [1.165, 1.54) is 0 Å². The summed E-state index contributed by atoms with van der Waals surface area (Å²) in [6.07, 6.45) is -11.4. The van der Waals surface area contributed by atoms with Crippen molar-refractivity contribution >= 4 is 0 Å². The third-order valence-corrected chi connectivity index (χ3v) is 3.25. The van der Waals surface area contributed by atoms with Gasteiger partial charge in [0.25, 0.3) is 0 Å². The van der Waals surface area contributed by atoms with Crippen molar-refractivity contribution < 1.29 is 44.6 Å². The first kappa shape index (κ1) is 21.6. The maximum absolute atomic E-state index is 13.3. The van der Waals surface area contributed by atoms with E-state index in [0.717, 1.165) is 0 Å². The summed E-state index contributed by atoms with van der Waals surface area (Å²) in [7, 11) is 0. The summed E-state index contributed by atoms with van der Waals surface area (Å²) in [5, 5.41) is 11.7. The summed E-state index contributed by atoms with van der Waals surface area (Å²) < 4.78 is 114. The fraction of sp³-hybridized carbons (Fsp3) is 0.571. The highest BCUT2D eigenvalue weighted by molar-refractivity contribution is 5.14. The molecule has 1 rings (SSSR count). The second-order valence-electron chi connectivity index (χ2n) is 5.33. The van der Waals surface area contributed by atoms with Gasteiger partial charge in [0, 0.05) is 19.5 Å². The van der Waals surface area contributed by atoms with Crippen molar-refractivity contribution in [1.82, 2.24) is 5.32 Å². The van der Waals surface area contributed by atoms with Crippen molar-refractivity contribution in [3.8, 4) is 0 Å². The van der Waals surface area contributed by atoms with Crippen molar-refractivity contribution in [3.63, 3.8) is 0 Å². The zero-order valence-corrected chi connectivity index (χ0v) is 12.4. The van der Waals surface area contributed by atoms with E-state index in [4.69, 9.17) is 0 Å². The summed E-state index contributed by atoms with van der Waals surface area (Å²) in [4.78, 5) is 0. The van der Waals surface area contributed by atoms with Gasteiger partial charge >= 0.3 is 23.9 Å². The summed E-state index contributed by atoms with van der Waals surface area (Å²) in [6, 6.07) is 8.20. The Labute approximate surface area is 136 Å². The van der Waals surface area contributed by atoms with Crippen LogP contribution in [0.1, 0.15) is 12.0 Å². The molecule has 0 radical (unpaired) electrons. The number of benzene rings is 1. The summed E-state index contributed by atoms with van der Waals surface area (Å²) >= 11 is 0. The van der Waals surface area contributed by atoms with Crippen molar-refractivity contribution in [2.75, 3.05) is 6.54 Å². The van der Waals surface area contributed by atoms with Gasteiger partial charge in [0.2, 0.25) is 0 Å². The molecule has 1 aromatic rings. The van der Waals surface area contributed by atoms with Gasteiger partial charge in [-0.15, -0.1) is 0 Å². The Morgan fingerprint density at radius 3 is 1.84 bits per heavy atom. The Morgan fingerprint density at radius 2 is 1.36 bits per heavy atom. The molecule has 0 spiro atoms. The Bertz CT molecular complexity index is 545. The van der Waals surface area contributed by atoms with Crippen LogP contribution in [0.25, 0.3) is 0 Å². The lowest BCUT2D eigenvalue weighted by Crippen LogP contribution is -2.61. The van der Waals surface area contributed by atoms with E-state index in [1.54, 1.807) is 30.3 Å². The fourth-order valence-electron chi connectivity index (χ4n) is 1.88. The summed E-state index contributed by atoms with van der Waals surface area (Å²) in [6.45, 7) is -0.670. The molecule has 0 saturated heterocycles. The zero-order chi connectivity index (χ0) is 19.5. The molecule has 1 aromatic carbocycles. The van der Waals surface area contributed by atoms with Gasteiger partial charge < -0.3 is 10.4 Å². The standard InChI is InChI=1S/C14H14F9NO/c15-11(16,12(17,18)13(19,20)14(21,22)23)6-10(25)8-24-7-9-4-2-1-3-5-9/h1-5,10,24-25H,6-8H2/t10-/m1/s1. The minimum atomic E-state index is -6.94. The Hall–Kier alpha value is -1.49. The van der Waals surface area contributed by atoms with E-state index in [0.29, 0.717) is 5.56 Å². The van der Waals surface area contributed by atoms with E-state index in [2.05, 4.69) is 5.32 Å². The highest BCUT2D eigenvalue weighted by atomic mass is 19.4. The number of hydrogen-bond donors (Lipinski definition) is 2. The molecule has 0 aliphatic carbocycles. The van der Waals surface area contributed by atoms with Crippen molar-refractivity contribution in [2.45, 2.75) is 43.0 Å². The normalized spacial score (nSPS) is 15.3. The Balaban J connectivity index is 2.69. The predicted molar refractivity (Wildman–Crippen MR) is 69.7 cm³/mol. The van der Waals surface area contributed by atoms with Crippen LogP contribution in [0, 0.1) is 0 Å². The molecule has 2 nitrogen and oxygen atoms in total. The second kappa shape index (κ2) is 7.40. The van der Waals surface area contributed by atoms with Crippen LogP contribution < -0.4 is 5.32 Å². The molecule has 0 aromatic heterocycles. The number of aliphatic hydroxyl groups excluding tert-OH is 1. The highest BCUT2D eigenvalue weighted by Gasteiger charge is 2.81. The van der Waals surface area contributed by atoms with E-state index in [1.807, 2.05) is 0 Å². The first-order valence-electron chi connectivity index (χ1n) is 6.85. The molecule has 0 unspecified atom stereocenters. The molecule has 0 heterocycles. The van der Waals surface area contributed by atoms with Gasteiger partial charge in [-0.2, -0.15) is 39.5 Å². The smallest absolute Gasteiger partial charge is 0.392 e. The van der Waals surface area contributed by atoms with Gasteiger partial charge in [-0.3, -0.25) is 0 Å². The SMILES string of the molecule is O[C@@H](CNCc1ccccc1)CC(F)(F)C(F)(F)C(F)(F)C(F)(F)F. The molecule has 0 aliphatic rings. The van der Waals surface area contributed by atoms with Gasteiger partial charge in [-0.05, 0) is 5.56 Å². The number of alkyl halides is 9. The van der Waals surface area contributed by atoms with Crippen LogP contribution in [0.5, 0.6) is 0 Å². The fourth-order valence-corrected chi connectivity index (χ4v) is 1.88. The van der Waals surface area contributed by atoms with E-state index in [-0.39, 0.29) is 6.54 Å². The second-order valence-corrected chi connectivity index (χ2v) is 5.33. The molecule has 11 heteroatoms. The van der Waals surface area contributed by atoms with Gasteiger partial charge in [0.1, 0.15) is 0 Å². The first-order valence-corrected chi connectivity index (χ1v) is 6.85. The third kappa shape index (κ3) is 4.78. The van der Waals surface area contributed by atoms with Gasteiger partial charge in [0.15, 0.2) is 0 Å². The molecule has 1 atom stereocenters. The molecule has 144 valence electrons. The number of rotatable bonds is 8. The number of halogens is 9. The van der Waals surface area contributed by atoms with Crippen LogP contribution >= 0.6 is 0 Å². The predicted octanol–water partition coefficient (Wildman–Crippen LogP) is 4.00. The van der Waals surface area contributed by atoms with Crippen LogP contribution in [-0.2, 0) is 6.54 Å². The van der Waals surface area contributed by atoms with E-state index < -0.39 is 43.0 Å². The maximum atomic E-state index is 13.3. The van der Waals surface area contributed by atoms with Crippen molar-refractivity contribution in [3.05, 3.63) is 35.9 Å². The van der Waals surface area contributed by atoms with Gasteiger partial charge in [0.05, 0.1) is 6.10 Å².